The highest BCUT2D eigenvalue weighted by Crippen LogP contribution is 2.28. The molecule has 0 spiro atoms. The van der Waals surface area contributed by atoms with E-state index >= 15 is 0 Å². The molecule has 1 aliphatic heterocycles. The number of anilines is 1. The fraction of sp³-hybridized carbons (Fsp3) is 0.441. The van der Waals surface area contributed by atoms with Crippen LogP contribution in [0.25, 0.3) is 11.1 Å². The first kappa shape index (κ1) is 33.4. The Morgan fingerprint density at radius 2 is 1.62 bits per heavy atom. The van der Waals surface area contributed by atoms with Gasteiger partial charge in [-0.25, -0.2) is 19.8 Å². The van der Waals surface area contributed by atoms with Crippen molar-refractivity contribution >= 4 is 23.6 Å². The van der Waals surface area contributed by atoms with E-state index in [4.69, 9.17) is 4.74 Å². The summed E-state index contributed by atoms with van der Waals surface area (Å²) < 4.78 is 5.54. The number of aromatic nitrogens is 2. The molecule has 1 N–H and O–H groups in total. The molecule has 2 heterocycles. The molecule has 1 aromatic heterocycles. The van der Waals surface area contributed by atoms with Crippen LogP contribution in [0.2, 0.25) is 0 Å². The van der Waals surface area contributed by atoms with Crippen molar-refractivity contribution in [2.24, 2.45) is 0 Å². The van der Waals surface area contributed by atoms with Crippen LogP contribution < -0.4 is 10.2 Å². The highest BCUT2D eigenvalue weighted by molar-refractivity contribution is 5.87. The van der Waals surface area contributed by atoms with Gasteiger partial charge in [-0.2, -0.15) is 0 Å². The Hall–Kier alpha value is -4.51. The van der Waals surface area contributed by atoms with Gasteiger partial charge in [0.1, 0.15) is 11.9 Å². The van der Waals surface area contributed by atoms with E-state index in [-0.39, 0.29) is 44.0 Å². The lowest BCUT2D eigenvalue weighted by molar-refractivity contribution is -0.145. The highest BCUT2D eigenvalue weighted by atomic mass is 16.6. The number of aryl methyl sites for hydroxylation is 1. The molecule has 3 aromatic rings. The number of amides is 3. The van der Waals surface area contributed by atoms with Crippen molar-refractivity contribution in [2.75, 3.05) is 38.1 Å². The molecular weight excluding hydrogens is 570 g/mol. The van der Waals surface area contributed by atoms with Crippen LogP contribution in [0.4, 0.5) is 10.5 Å². The van der Waals surface area contributed by atoms with Gasteiger partial charge in [0.15, 0.2) is 0 Å². The first-order valence-electron chi connectivity index (χ1n) is 15.3. The standard InChI is InChI=1S/C34H45N7O4/c1-24(2)41(33(44)45-34(4,5)6)15-14-37-31(42)21-39(30-16-26(13-12-25(30)3)29-17-35-23-36-18-29)22-32(43)38(7)40-19-27-10-8-9-11-28(27)20-40/h8-13,16-18,23-24H,14-15,19-22H2,1-7H3,(H,37,42). The third-order valence-corrected chi connectivity index (χ3v) is 7.64. The topological polar surface area (TPSA) is 111 Å². The number of rotatable bonds is 11. The lowest BCUT2D eigenvalue weighted by Gasteiger charge is -2.32. The van der Waals surface area contributed by atoms with Crippen LogP contribution in [0.1, 0.15) is 51.3 Å². The number of benzene rings is 2. The summed E-state index contributed by atoms with van der Waals surface area (Å²) in [4.78, 5) is 51.5. The molecule has 0 radical (unpaired) electrons. The summed E-state index contributed by atoms with van der Waals surface area (Å²) in [5, 5.41) is 6.59. The lowest BCUT2D eigenvalue weighted by Crippen LogP contribution is -2.49. The zero-order valence-corrected chi connectivity index (χ0v) is 27.4. The van der Waals surface area contributed by atoms with Gasteiger partial charge in [-0.15, -0.1) is 0 Å². The molecule has 2 aromatic carbocycles. The fourth-order valence-corrected chi connectivity index (χ4v) is 5.18. The van der Waals surface area contributed by atoms with E-state index in [0.29, 0.717) is 13.1 Å². The molecule has 0 saturated heterocycles. The van der Waals surface area contributed by atoms with Gasteiger partial charge in [0.2, 0.25) is 5.91 Å². The molecule has 11 heteroatoms. The maximum Gasteiger partial charge on any atom is 0.410 e. The Balaban J connectivity index is 1.50. The Morgan fingerprint density at radius 3 is 2.22 bits per heavy atom. The number of hydrogen-bond acceptors (Lipinski definition) is 8. The van der Waals surface area contributed by atoms with Crippen LogP contribution in [0.5, 0.6) is 0 Å². The summed E-state index contributed by atoms with van der Waals surface area (Å²) in [6.45, 7) is 13.0. The molecule has 3 amide bonds. The van der Waals surface area contributed by atoms with Gasteiger partial charge < -0.3 is 19.9 Å². The predicted molar refractivity (Wildman–Crippen MR) is 174 cm³/mol. The number of ether oxygens (including phenoxy) is 1. The molecule has 0 saturated carbocycles. The summed E-state index contributed by atoms with van der Waals surface area (Å²) in [5.41, 5.74) is 5.16. The van der Waals surface area contributed by atoms with Gasteiger partial charge in [-0.05, 0) is 69.9 Å². The minimum Gasteiger partial charge on any atom is -0.444 e. The molecule has 0 unspecified atom stereocenters. The third kappa shape index (κ3) is 9.01. The number of nitrogens with one attached hydrogen (secondary N) is 1. The monoisotopic (exact) mass is 615 g/mol. The summed E-state index contributed by atoms with van der Waals surface area (Å²) in [5.74, 6) is -0.404. The molecular formula is C34H45N7O4. The van der Waals surface area contributed by atoms with Crippen molar-refractivity contribution < 1.29 is 19.1 Å². The lowest BCUT2D eigenvalue weighted by atomic mass is 10.0. The Labute approximate surface area is 266 Å². The summed E-state index contributed by atoms with van der Waals surface area (Å²) in [6, 6.07) is 14.0. The van der Waals surface area contributed by atoms with Gasteiger partial charge in [0.05, 0.1) is 13.1 Å². The largest absolute Gasteiger partial charge is 0.444 e. The summed E-state index contributed by atoms with van der Waals surface area (Å²) in [7, 11) is 1.77. The van der Waals surface area contributed by atoms with E-state index in [1.54, 1.807) is 34.3 Å². The molecule has 0 bridgehead atoms. The second kappa shape index (κ2) is 14.5. The fourth-order valence-electron chi connectivity index (χ4n) is 5.18. The van der Waals surface area contributed by atoms with E-state index in [1.807, 2.05) is 76.9 Å². The molecule has 1 aliphatic rings. The Morgan fingerprint density at radius 1 is 0.978 bits per heavy atom. The molecule has 0 fully saturated rings. The van der Waals surface area contributed by atoms with Crippen LogP contribution in [0, 0.1) is 6.92 Å². The number of likely N-dealkylation sites (N-methyl/N-ethyl adjacent to an activating group) is 1. The van der Waals surface area contributed by atoms with Crippen LogP contribution in [0.15, 0.2) is 61.2 Å². The van der Waals surface area contributed by atoms with Gasteiger partial charge in [-0.3, -0.25) is 14.6 Å². The van der Waals surface area contributed by atoms with Crippen LogP contribution >= 0.6 is 0 Å². The molecule has 11 nitrogen and oxygen atoms in total. The van der Waals surface area contributed by atoms with E-state index in [9.17, 15) is 14.4 Å². The van der Waals surface area contributed by atoms with E-state index in [1.165, 1.54) is 17.5 Å². The minimum absolute atomic E-state index is 0.0115. The molecule has 240 valence electrons. The number of carbonyl (C=O) groups excluding carboxylic acids is 3. The summed E-state index contributed by atoms with van der Waals surface area (Å²) >= 11 is 0. The van der Waals surface area contributed by atoms with Gasteiger partial charge in [0, 0.05) is 62.9 Å². The van der Waals surface area contributed by atoms with Crippen molar-refractivity contribution in [3.05, 3.63) is 77.9 Å². The molecule has 0 aliphatic carbocycles. The predicted octanol–water partition coefficient (Wildman–Crippen LogP) is 4.41. The average Bonchev–Trinajstić information content (AvgIpc) is 3.42. The van der Waals surface area contributed by atoms with Crippen LogP contribution in [0.3, 0.4) is 0 Å². The smallest absolute Gasteiger partial charge is 0.410 e. The van der Waals surface area contributed by atoms with Crippen molar-refractivity contribution in [2.45, 2.75) is 66.3 Å². The van der Waals surface area contributed by atoms with Gasteiger partial charge in [-0.1, -0.05) is 36.4 Å². The number of fused-ring (bicyclic) bond motifs is 1. The average molecular weight is 616 g/mol. The van der Waals surface area contributed by atoms with Crippen LogP contribution in [-0.2, 0) is 27.4 Å². The Bertz CT molecular complexity index is 1460. The zero-order chi connectivity index (χ0) is 32.7. The highest BCUT2D eigenvalue weighted by Gasteiger charge is 2.28. The second-order valence-corrected chi connectivity index (χ2v) is 12.6. The van der Waals surface area contributed by atoms with E-state index < -0.39 is 11.7 Å². The SMILES string of the molecule is Cc1ccc(-c2cncnc2)cc1N(CC(=O)NCCN(C(=O)OC(C)(C)C)C(C)C)CC(=O)N(C)N1Cc2ccccc2C1. The van der Waals surface area contributed by atoms with Crippen molar-refractivity contribution in [1.29, 1.82) is 0 Å². The van der Waals surface area contributed by atoms with Gasteiger partial charge in [0.25, 0.3) is 5.91 Å². The maximum atomic E-state index is 13.7. The summed E-state index contributed by atoms with van der Waals surface area (Å²) in [6.07, 6.45) is 4.51. The van der Waals surface area contributed by atoms with Crippen LogP contribution in [-0.4, -0.2) is 87.7 Å². The minimum atomic E-state index is -0.621. The number of hydrazine groups is 1. The van der Waals surface area contributed by atoms with E-state index in [2.05, 4.69) is 27.4 Å². The first-order chi connectivity index (χ1) is 21.3. The number of hydrogen-bond donors (Lipinski definition) is 1. The third-order valence-electron chi connectivity index (χ3n) is 7.64. The van der Waals surface area contributed by atoms with Crippen molar-refractivity contribution in [3.8, 4) is 11.1 Å². The van der Waals surface area contributed by atoms with Crippen molar-refractivity contribution in [3.63, 3.8) is 0 Å². The Kier molecular flexibility index (Phi) is 10.8. The van der Waals surface area contributed by atoms with Gasteiger partial charge >= 0.3 is 6.09 Å². The quantitative estimate of drug-likeness (QED) is 0.338. The number of nitrogens with zero attached hydrogens (tertiary/aromatic N) is 6. The van der Waals surface area contributed by atoms with Crippen molar-refractivity contribution in [1.82, 2.24) is 30.2 Å². The molecule has 0 atom stereocenters. The number of carbonyl (C=O) groups is 3. The second-order valence-electron chi connectivity index (χ2n) is 12.6. The van der Waals surface area contributed by atoms with E-state index in [0.717, 1.165) is 22.4 Å². The first-order valence-corrected chi connectivity index (χ1v) is 15.3. The normalized spacial score (nSPS) is 12.9. The molecule has 4 rings (SSSR count). The maximum absolute atomic E-state index is 13.7. The molecule has 45 heavy (non-hydrogen) atoms. The zero-order valence-electron chi connectivity index (χ0n) is 27.4.